The topological polar surface area (TPSA) is 58.6 Å². The summed E-state index contributed by atoms with van der Waals surface area (Å²) in [5.74, 6) is 0.0221. The Morgan fingerprint density at radius 2 is 1.94 bits per heavy atom. The van der Waals surface area contributed by atoms with Crippen LogP contribution in [0.1, 0.15) is 34.1 Å². The number of hydrogen-bond donors (Lipinski definition) is 1. The van der Waals surface area contributed by atoms with Gasteiger partial charge in [0.05, 0.1) is 6.04 Å². The van der Waals surface area contributed by atoms with Crippen molar-refractivity contribution in [2.24, 2.45) is 0 Å². The van der Waals surface area contributed by atoms with E-state index in [0.717, 1.165) is 0 Å². The summed E-state index contributed by atoms with van der Waals surface area (Å²) in [6, 6.07) is 0.0833. The van der Waals surface area contributed by atoms with E-state index in [0.29, 0.717) is 19.5 Å². The molecule has 1 saturated heterocycles. The van der Waals surface area contributed by atoms with Crippen LogP contribution in [0.5, 0.6) is 0 Å². The van der Waals surface area contributed by atoms with Crippen molar-refractivity contribution in [3.05, 3.63) is 0 Å². The zero-order chi connectivity index (χ0) is 12.3. The van der Waals surface area contributed by atoms with Gasteiger partial charge in [0.15, 0.2) is 0 Å². The molecule has 0 spiro atoms. The van der Waals surface area contributed by atoms with Crippen molar-refractivity contribution < 1.29 is 14.3 Å². The number of likely N-dealkylation sites (tertiary alicyclic amines) is 1. The lowest BCUT2D eigenvalue weighted by molar-refractivity contribution is -0.122. The Hall–Kier alpha value is -1.26. The number of carbonyl (C=O) groups is 2. The highest BCUT2D eigenvalue weighted by Crippen LogP contribution is 2.15. The molecule has 16 heavy (non-hydrogen) atoms. The van der Waals surface area contributed by atoms with Crippen molar-refractivity contribution in [3.8, 4) is 0 Å². The molecule has 0 unspecified atom stereocenters. The zero-order valence-electron chi connectivity index (χ0n) is 10.4. The van der Waals surface area contributed by atoms with E-state index in [2.05, 4.69) is 5.32 Å². The van der Waals surface area contributed by atoms with Gasteiger partial charge in [-0.1, -0.05) is 6.92 Å². The van der Waals surface area contributed by atoms with Crippen molar-refractivity contribution in [3.63, 3.8) is 0 Å². The Bertz CT molecular complexity index is 277. The summed E-state index contributed by atoms with van der Waals surface area (Å²) in [5, 5.41) is 2.83. The number of carbonyl (C=O) groups excluding carboxylic acids is 2. The van der Waals surface area contributed by atoms with E-state index in [1.54, 1.807) is 11.8 Å². The first-order valence-corrected chi connectivity index (χ1v) is 5.59. The number of nitrogens with one attached hydrogen (secondary N) is 1. The summed E-state index contributed by atoms with van der Waals surface area (Å²) in [6.45, 7) is 8.39. The highest BCUT2D eigenvalue weighted by Gasteiger charge is 2.34. The molecule has 1 aliphatic rings. The third-order valence-corrected chi connectivity index (χ3v) is 2.22. The minimum atomic E-state index is -0.463. The first-order valence-electron chi connectivity index (χ1n) is 5.59. The van der Waals surface area contributed by atoms with Crippen molar-refractivity contribution in [1.29, 1.82) is 0 Å². The predicted octanol–water partition coefficient (Wildman–Crippen LogP) is 1.13. The molecule has 0 bridgehead atoms. The van der Waals surface area contributed by atoms with Gasteiger partial charge in [-0.25, -0.2) is 4.79 Å². The Kier molecular flexibility index (Phi) is 3.78. The van der Waals surface area contributed by atoms with Crippen molar-refractivity contribution >= 4 is 12.0 Å². The summed E-state index contributed by atoms with van der Waals surface area (Å²) in [5.41, 5.74) is -0.463. The Balaban J connectivity index is 2.25. The molecular formula is C11H20N2O3. The second-order valence-corrected chi connectivity index (χ2v) is 5.00. The molecule has 1 fully saturated rings. The zero-order valence-corrected chi connectivity index (χ0v) is 10.4. The van der Waals surface area contributed by atoms with Gasteiger partial charge in [0.25, 0.3) is 0 Å². The molecule has 1 heterocycles. The quantitative estimate of drug-likeness (QED) is 0.770. The molecule has 1 aliphatic heterocycles. The molecular weight excluding hydrogens is 208 g/mol. The minimum Gasteiger partial charge on any atom is -0.444 e. The maximum Gasteiger partial charge on any atom is 0.410 e. The molecule has 0 saturated carbocycles. The summed E-state index contributed by atoms with van der Waals surface area (Å²) in [4.78, 5) is 24.2. The summed E-state index contributed by atoms with van der Waals surface area (Å²) in [6.07, 6.45) is 0.164. The number of hydrogen-bond acceptors (Lipinski definition) is 3. The highest BCUT2D eigenvalue weighted by molar-refractivity contribution is 5.76. The smallest absolute Gasteiger partial charge is 0.410 e. The third kappa shape index (κ3) is 3.72. The van der Waals surface area contributed by atoms with Gasteiger partial charge in [-0.3, -0.25) is 4.79 Å². The van der Waals surface area contributed by atoms with E-state index in [1.807, 2.05) is 20.8 Å². The summed E-state index contributed by atoms with van der Waals surface area (Å²) >= 11 is 0. The predicted molar refractivity (Wildman–Crippen MR) is 60.0 cm³/mol. The number of amides is 2. The van der Waals surface area contributed by atoms with Crippen LogP contribution in [-0.4, -0.2) is 41.6 Å². The number of nitrogens with zero attached hydrogens (tertiary/aromatic N) is 1. The van der Waals surface area contributed by atoms with Crippen LogP contribution in [0.2, 0.25) is 0 Å². The molecule has 1 rings (SSSR count). The van der Waals surface area contributed by atoms with Crippen molar-refractivity contribution in [2.45, 2.75) is 45.8 Å². The second kappa shape index (κ2) is 4.72. The number of rotatable bonds is 2. The fraction of sp³-hybridized carbons (Fsp3) is 0.818. The molecule has 5 nitrogen and oxygen atoms in total. The molecule has 0 aliphatic carbocycles. The van der Waals surface area contributed by atoms with E-state index in [-0.39, 0.29) is 18.0 Å². The van der Waals surface area contributed by atoms with Crippen LogP contribution in [0, 0.1) is 0 Å². The van der Waals surface area contributed by atoms with Crippen LogP contribution in [0.4, 0.5) is 4.79 Å². The fourth-order valence-corrected chi connectivity index (χ4v) is 1.38. The molecule has 2 amide bonds. The van der Waals surface area contributed by atoms with Crippen LogP contribution in [0.3, 0.4) is 0 Å². The average molecular weight is 228 g/mol. The lowest BCUT2D eigenvalue weighted by atomic mass is 10.1. The van der Waals surface area contributed by atoms with Gasteiger partial charge < -0.3 is 15.0 Å². The first-order chi connectivity index (χ1) is 7.31. The standard InChI is InChI=1S/C11H20N2O3/c1-5-9(14)12-8-6-13(7-8)10(15)16-11(2,3)4/h8H,5-7H2,1-4H3,(H,12,14). The average Bonchev–Trinajstić information content (AvgIpc) is 2.06. The van der Waals surface area contributed by atoms with Gasteiger partial charge in [-0.05, 0) is 20.8 Å². The van der Waals surface area contributed by atoms with Crippen LogP contribution in [0.15, 0.2) is 0 Å². The van der Waals surface area contributed by atoms with E-state index >= 15 is 0 Å². The molecule has 5 heteroatoms. The van der Waals surface area contributed by atoms with Crippen LogP contribution in [0.25, 0.3) is 0 Å². The maximum atomic E-state index is 11.5. The molecule has 1 N–H and O–H groups in total. The van der Waals surface area contributed by atoms with Gasteiger partial charge in [0, 0.05) is 19.5 Å². The van der Waals surface area contributed by atoms with E-state index in [1.165, 1.54) is 0 Å². The van der Waals surface area contributed by atoms with Gasteiger partial charge in [-0.2, -0.15) is 0 Å². The molecule has 0 atom stereocenters. The SMILES string of the molecule is CCC(=O)NC1CN(C(=O)OC(C)(C)C)C1. The highest BCUT2D eigenvalue weighted by atomic mass is 16.6. The van der Waals surface area contributed by atoms with Crippen molar-refractivity contribution in [1.82, 2.24) is 10.2 Å². The molecule has 92 valence electrons. The van der Waals surface area contributed by atoms with Crippen LogP contribution in [-0.2, 0) is 9.53 Å². The van der Waals surface area contributed by atoms with Crippen molar-refractivity contribution in [2.75, 3.05) is 13.1 Å². The maximum absolute atomic E-state index is 11.5. The monoisotopic (exact) mass is 228 g/mol. The molecule has 0 radical (unpaired) electrons. The fourth-order valence-electron chi connectivity index (χ4n) is 1.38. The van der Waals surface area contributed by atoms with Crippen LogP contribution >= 0.6 is 0 Å². The molecule has 0 aromatic rings. The first kappa shape index (κ1) is 12.8. The van der Waals surface area contributed by atoms with E-state index < -0.39 is 5.60 Å². The normalized spacial score (nSPS) is 16.6. The Morgan fingerprint density at radius 3 is 2.38 bits per heavy atom. The third-order valence-electron chi connectivity index (χ3n) is 2.22. The van der Waals surface area contributed by atoms with Gasteiger partial charge in [0.2, 0.25) is 5.91 Å². The van der Waals surface area contributed by atoms with E-state index in [4.69, 9.17) is 4.74 Å². The Morgan fingerprint density at radius 1 is 1.38 bits per heavy atom. The lowest BCUT2D eigenvalue weighted by Gasteiger charge is -2.39. The Labute approximate surface area is 96.1 Å². The minimum absolute atomic E-state index is 0.0221. The van der Waals surface area contributed by atoms with Crippen LogP contribution < -0.4 is 5.32 Å². The van der Waals surface area contributed by atoms with Gasteiger partial charge in [-0.15, -0.1) is 0 Å². The summed E-state index contributed by atoms with van der Waals surface area (Å²) < 4.78 is 5.20. The van der Waals surface area contributed by atoms with E-state index in [9.17, 15) is 9.59 Å². The largest absolute Gasteiger partial charge is 0.444 e. The van der Waals surface area contributed by atoms with Gasteiger partial charge in [0.1, 0.15) is 5.60 Å². The summed E-state index contributed by atoms with van der Waals surface area (Å²) in [7, 11) is 0. The number of ether oxygens (including phenoxy) is 1. The molecule has 0 aromatic heterocycles. The van der Waals surface area contributed by atoms with Gasteiger partial charge >= 0.3 is 6.09 Å². The molecule has 0 aromatic carbocycles. The lowest BCUT2D eigenvalue weighted by Crippen LogP contribution is -2.61. The second-order valence-electron chi connectivity index (χ2n) is 5.00.